The van der Waals surface area contributed by atoms with E-state index in [0.29, 0.717) is 54.7 Å². The number of nitrogens with one attached hydrogen (secondary N) is 1. The first-order valence-electron chi connectivity index (χ1n) is 14.3. The van der Waals surface area contributed by atoms with Gasteiger partial charge in [0.2, 0.25) is 0 Å². The number of morpholine rings is 1. The number of nitrogens with zero attached hydrogens (tertiary/aromatic N) is 6. The van der Waals surface area contributed by atoms with Crippen molar-refractivity contribution in [3.05, 3.63) is 74.1 Å². The lowest BCUT2D eigenvalue weighted by atomic mass is 10.1. The van der Waals surface area contributed by atoms with Gasteiger partial charge in [-0.25, -0.2) is 19.0 Å². The summed E-state index contributed by atoms with van der Waals surface area (Å²) in [5.41, 5.74) is -2.44. The van der Waals surface area contributed by atoms with Crippen LogP contribution in [0.15, 0.2) is 51.6 Å². The number of fused-ring (bicyclic) bond motifs is 2. The van der Waals surface area contributed by atoms with Crippen molar-refractivity contribution in [2.75, 3.05) is 36.5 Å². The molecule has 1 N–H and O–H groups in total. The van der Waals surface area contributed by atoms with E-state index in [9.17, 15) is 22.8 Å². The molecule has 5 heterocycles. The zero-order valence-corrected chi connectivity index (χ0v) is 25.2. The van der Waals surface area contributed by atoms with E-state index < -0.39 is 40.4 Å². The van der Waals surface area contributed by atoms with E-state index in [-0.39, 0.29) is 23.3 Å². The average molecular weight is 644 g/mol. The predicted octanol–water partition coefficient (Wildman–Crippen LogP) is 5.04. The molecule has 0 saturated carbocycles. The highest BCUT2D eigenvalue weighted by molar-refractivity contribution is 7.17. The van der Waals surface area contributed by atoms with E-state index in [4.69, 9.17) is 9.72 Å². The monoisotopic (exact) mass is 643 g/mol. The lowest BCUT2D eigenvalue weighted by Gasteiger charge is -2.28. The summed E-state index contributed by atoms with van der Waals surface area (Å²) in [6.07, 6.45) is -1.44. The molecule has 1 aromatic carbocycles. The van der Waals surface area contributed by atoms with Crippen molar-refractivity contribution in [3.8, 4) is 11.4 Å². The van der Waals surface area contributed by atoms with Crippen LogP contribution in [0.1, 0.15) is 25.3 Å². The van der Waals surface area contributed by atoms with Gasteiger partial charge in [-0.3, -0.25) is 9.59 Å². The molecule has 10 nitrogen and oxygen atoms in total. The number of halogens is 4. The molecule has 0 amide bonds. The maximum Gasteiger partial charge on any atom is 0.423 e. The van der Waals surface area contributed by atoms with Gasteiger partial charge in [0.15, 0.2) is 11.6 Å². The first kappa shape index (κ1) is 30.6. The van der Waals surface area contributed by atoms with Crippen LogP contribution in [0, 0.1) is 5.82 Å². The summed E-state index contributed by atoms with van der Waals surface area (Å²) < 4.78 is 64.6. The Hall–Kier alpha value is -4.37. The number of aryl methyl sites for hydroxylation is 2. The summed E-state index contributed by atoms with van der Waals surface area (Å²) in [5.74, 6) is 0.334. The zero-order chi connectivity index (χ0) is 31.9. The Morgan fingerprint density at radius 1 is 1.11 bits per heavy atom. The minimum Gasteiger partial charge on any atom is -0.381 e. The maximum atomic E-state index is 15.6. The van der Waals surface area contributed by atoms with Crippen LogP contribution in [-0.4, -0.2) is 56.7 Å². The van der Waals surface area contributed by atoms with Gasteiger partial charge in [0.1, 0.15) is 11.4 Å². The smallest absolute Gasteiger partial charge is 0.381 e. The Bertz CT molecular complexity index is 2000. The normalized spacial score (nSPS) is 14.8. The Labute approximate surface area is 257 Å². The van der Waals surface area contributed by atoms with Crippen molar-refractivity contribution >= 4 is 43.8 Å². The second kappa shape index (κ2) is 12.2. The number of aromatic nitrogens is 5. The molecule has 0 spiro atoms. The molecule has 0 unspecified atom stereocenters. The Kier molecular flexibility index (Phi) is 8.31. The van der Waals surface area contributed by atoms with Gasteiger partial charge in [0.05, 0.1) is 46.3 Å². The molecule has 1 fully saturated rings. The Morgan fingerprint density at radius 2 is 1.89 bits per heavy atom. The van der Waals surface area contributed by atoms with Crippen molar-refractivity contribution in [2.45, 2.75) is 38.5 Å². The summed E-state index contributed by atoms with van der Waals surface area (Å²) in [7, 11) is 1.15. The summed E-state index contributed by atoms with van der Waals surface area (Å²) >= 11 is 1.52. The lowest BCUT2D eigenvalue weighted by molar-refractivity contribution is -0.138. The standard InChI is InChI=1S/C30H29F4N7O3S/c1-17(36-23-16-35-39(2)29(43)24(23)30(32,33)34)4-3-7-41-8-5-18-14-20(21(31)15-19(18)28(41)42)26-37-22-6-13-45-25(22)27(38-26)40-9-11-44-12-10-40/h5-6,8,13-17,36H,3-4,7,9-12H2,1-2H3/t17-/m0/s1. The summed E-state index contributed by atoms with van der Waals surface area (Å²) in [5, 5.41) is 9.06. The molecule has 4 aromatic heterocycles. The summed E-state index contributed by atoms with van der Waals surface area (Å²) in [6, 6.07) is 5.91. The van der Waals surface area contributed by atoms with E-state index in [0.717, 1.165) is 23.8 Å². The topological polar surface area (TPSA) is 107 Å². The van der Waals surface area contributed by atoms with Crippen LogP contribution in [0.25, 0.3) is 32.4 Å². The van der Waals surface area contributed by atoms with Crippen LogP contribution in [-0.2, 0) is 24.5 Å². The largest absolute Gasteiger partial charge is 0.423 e. The molecule has 0 radical (unpaired) electrons. The van der Waals surface area contributed by atoms with E-state index in [1.165, 1.54) is 22.0 Å². The number of hydrogen-bond donors (Lipinski definition) is 1. The minimum absolute atomic E-state index is 0.186. The molecule has 236 valence electrons. The van der Waals surface area contributed by atoms with Gasteiger partial charge < -0.3 is 19.5 Å². The van der Waals surface area contributed by atoms with E-state index in [1.54, 1.807) is 25.3 Å². The number of benzene rings is 1. The third-order valence-electron chi connectivity index (χ3n) is 7.76. The fourth-order valence-corrected chi connectivity index (χ4v) is 6.29. The van der Waals surface area contributed by atoms with Crippen LogP contribution >= 0.6 is 11.3 Å². The van der Waals surface area contributed by atoms with Crippen LogP contribution in [0.4, 0.5) is 29.1 Å². The molecule has 1 aliphatic rings. The number of rotatable bonds is 8. The van der Waals surface area contributed by atoms with E-state index in [1.807, 2.05) is 11.4 Å². The Morgan fingerprint density at radius 3 is 2.64 bits per heavy atom. The molecule has 6 rings (SSSR count). The second-order valence-corrected chi connectivity index (χ2v) is 11.8. The summed E-state index contributed by atoms with van der Waals surface area (Å²) in [4.78, 5) is 36.8. The number of pyridine rings is 1. The fraction of sp³-hybridized carbons (Fsp3) is 0.367. The van der Waals surface area contributed by atoms with Gasteiger partial charge in [-0.15, -0.1) is 11.3 Å². The van der Waals surface area contributed by atoms with Gasteiger partial charge in [0, 0.05) is 38.9 Å². The van der Waals surface area contributed by atoms with E-state index in [2.05, 4.69) is 20.3 Å². The molecule has 1 saturated heterocycles. The number of anilines is 2. The fourth-order valence-electron chi connectivity index (χ4n) is 5.44. The third-order valence-corrected chi connectivity index (χ3v) is 8.66. The molecule has 45 heavy (non-hydrogen) atoms. The molecule has 1 aliphatic heterocycles. The molecular formula is C30H29F4N7O3S. The highest BCUT2D eigenvalue weighted by Gasteiger charge is 2.38. The first-order chi connectivity index (χ1) is 21.5. The quantitative estimate of drug-likeness (QED) is 0.235. The van der Waals surface area contributed by atoms with Crippen LogP contribution in [0.3, 0.4) is 0 Å². The molecular weight excluding hydrogens is 614 g/mol. The van der Waals surface area contributed by atoms with Crippen molar-refractivity contribution < 1.29 is 22.3 Å². The van der Waals surface area contributed by atoms with Crippen molar-refractivity contribution in [3.63, 3.8) is 0 Å². The highest BCUT2D eigenvalue weighted by atomic mass is 32.1. The van der Waals surface area contributed by atoms with Gasteiger partial charge >= 0.3 is 6.18 Å². The lowest BCUT2D eigenvalue weighted by Crippen LogP contribution is -2.36. The van der Waals surface area contributed by atoms with Crippen molar-refractivity contribution in [1.29, 1.82) is 0 Å². The maximum absolute atomic E-state index is 15.6. The minimum atomic E-state index is -4.85. The molecule has 1 atom stereocenters. The summed E-state index contributed by atoms with van der Waals surface area (Å²) in [6.45, 7) is 4.40. The molecule has 5 aromatic rings. The van der Waals surface area contributed by atoms with Gasteiger partial charge in [-0.2, -0.15) is 18.3 Å². The van der Waals surface area contributed by atoms with Gasteiger partial charge in [-0.05, 0) is 54.8 Å². The zero-order valence-electron chi connectivity index (χ0n) is 24.4. The number of hydrogen-bond acceptors (Lipinski definition) is 9. The molecule has 15 heteroatoms. The second-order valence-electron chi connectivity index (χ2n) is 10.9. The number of alkyl halides is 3. The third kappa shape index (κ3) is 6.14. The Balaban J connectivity index is 1.20. The first-order valence-corrected chi connectivity index (χ1v) is 15.2. The molecule has 0 aliphatic carbocycles. The number of ether oxygens (including phenoxy) is 1. The molecule has 0 bridgehead atoms. The number of thiophene rings is 1. The van der Waals surface area contributed by atoms with Crippen molar-refractivity contribution in [2.24, 2.45) is 7.05 Å². The van der Waals surface area contributed by atoms with E-state index >= 15 is 4.39 Å². The van der Waals surface area contributed by atoms with Crippen LogP contribution in [0.5, 0.6) is 0 Å². The van der Waals surface area contributed by atoms with Gasteiger partial charge in [-0.1, -0.05) is 0 Å². The average Bonchev–Trinajstić information content (AvgIpc) is 3.48. The predicted molar refractivity (Wildman–Crippen MR) is 164 cm³/mol. The van der Waals surface area contributed by atoms with Crippen LogP contribution < -0.4 is 21.3 Å². The highest BCUT2D eigenvalue weighted by Crippen LogP contribution is 2.34. The SMILES string of the molecule is C[C@@H](CCCn1ccc2cc(-c3nc(N4CCOCC4)c4sccc4n3)c(F)cc2c1=O)Nc1cnn(C)c(=O)c1C(F)(F)F. The van der Waals surface area contributed by atoms with Gasteiger partial charge in [0.25, 0.3) is 11.1 Å². The van der Waals surface area contributed by atoms with Crippen molar-refractivity contribution in [1.82, 2.24) is 24.3 Å². The van der Waals surface area contributed by atoms with Crippen LogP contribution in [0.2, 0.25) is 0 Å².